The fraction of sp³-hybridized carbons (Fsp3) is 0.943. The zero-order chi connectivity index (χ0) is 46.4. The van der Waals surface area contributed by atoms with Crippen molar-refractivity contribution in [3.8, 4) is 6.07 Å². The van der Waals surface area contributed by atoms with E-state index in [1.807, 2.05) is 4.90 Å². The van der Waals surface area contributed by atoms with E-state index in [1.54, 1.807) is 0 Å². The highest BCUT2D eigenvalue weighted by Crippen LogP contribution is 2.18. The molecule has 1 aliphatic heterocycles. The molecular formula is C53H105N4O5S+. The molecule has 1 atom stereocenters. The number of carbonyl (C=O) groups excluding carboxylic acids is 1. The maximum absolute atomic E-state index is 13.3. The van der Waals surface area contributed by atoms with Crippen LogP contribution in [0, 0.1) is 11.3 Å². The van der Waals surface area contributed by atoms with E-state index < -0.39 is 10.4 Å². The summed E-state index contributed by atoms with van der Waals surface area (Å²) in [4.78, 5) is 19.0. The Hall–Kier alpha value is -1.54. The summed E-state index contributed by atoms with van der Waals surface area (Å²) in [5, 5.41) is 9.29. The molecule has 0 aliphatic carbocycles. The van der Waals surface area contributed by atoms with E-state index in [2.05, 4.69) is 36.1 Å². The van der Waals surface area contributed by atoms with Gasteiger partial charge < -0.3 is 9.45 Å². The van der Waals surface area contributed by atoms with Gasteiger partial charge in [0.15, 0.2) is 6.54 Å². The van der Waals surface area contributed by atoms with Gasteiger partial charge in [-0.15, -0.1) is 0 Å². The number of likely N-dealkylation sites (N-methyl/N-ethyl adjacent to an activating group) is 1. The van der Waals surface area contributed by atoms with Crippen molar-refractivity contribution >= 4 is 22.1 Å². The van der Waals surface area contributed by atoms with Gasteiger partial charge in [0.2, 0.25) is 16.3 Å². The third-order valence-corrected chi connectivity index (χ3v) is 13.9. The predicted molar refractivity (Wildman–Crippen MR) is 266 cm³/mol. The third-order valence-electron chi connectivity index (χ3n) is 13.5. The lowest BCUT2D eigenvalue weighted by atomic mass is 10.0. The Morgan fingerprint density at radius 2 is 0.921 bits per heavy atom. The maximum Gasteiger partial charge on any atom is 0.336 e. The van der Waals surface area contributed by atoms with Crippen molar-refractivity contribution in [2.24, 2.45) is 0 Å². The van der Waals surface area contributed by atoms with Crippen molar-refractivity contribution in [1.82, 2.24) is 4.90 Å². The van der Waals surface area contributed by atoms with E-state index in [4.69, 9.17) is 0 Å². The Balaban J connectivity index is 0.00000594. The minimum absolute atomic E-state index is 0.260. The summed E-state index contributed by atoms with van der Waals surface area (Å²) >= 11 is 0. The van der Waals surface area contributed by atoms with Gasteiger partial charge in [-0.05, 0) is 12.8 Å². The zero-order valence-corrected chi connectivity index (χ0v) is 43.1. The molecule has 9 nitrogen and oxygen atoms in total. The van der Waals surface area contributed by atoms with E-state index in [1.165, 1.54) is 237 Å². The minimum Gasteiger partial charge on any atom is -0.726 e. The number of hydrogen-bond acceptors (Lipinski definition) is 6. The second-order valence-corrected chi connectivity index (χ2v) is 20.5. The zero-order valence-electron chi connectivity index (χ0n) is 42.3. The molecule has 1 heterocycles. The van der Waals surface area contributed by atoms with Crippen molar-refractivity contribution < 1.29 is 31.4 Å². The van der Waals surface area contributed by atoms with Gasteiger partial charge >= 0.3 is 5.84 Å². The smallest absolute Gasteiger partial charge is 0.336 e. The van der Waals surface area contributed by atoms with Gasteiger partial charge in [-0.2, -0.15) is 10.3 Å². The van der Waals surface area contributed by atoms with E-state index in [9.17, 15) is 23.0 Å². The van der Waals surface area contributed by atoms with Crippen LogP contribution in [0.1, 0.15) is 277 Å². The molecule has 0 aromatic heterocycles. The average Bonchev–Trinajstić information content (AvgIpc) is 3.64. The molecule has 1 aliphatic rings. The third kappa shape index (κ3) is 41.6. The van der Waals surface area contributed by atoms with Crippen molar-refractivity contribution in [2.45, 2.75) is 277 Å². The summed E-state index contributed by atoms with van der Waals surface area (Å²) in [5.41, 5.74) is 0. The van der Waals surface area contributed by atoms with E-state index in [0.717, 1.165) is 57.0 Å². The van der Waals surface area contributed by atoms with Crippen molar-refractivity contribution in [3.05, 3.63) is 0 Å². The number of amides is 1. The average molecular weight is 911 g/mol. The van der Waals surface area contributed by atoms with Gasteiger partial charge in [-0.1, -0.05) is 245 Å². The van der Waals surface area contributed by atoms with Crippen LogP contribution in [0.25, 0.3) is 0 Å². The lowest BCUT2D eigenvalue weighted by molar-refractivity contribution is -0.817. The molecule has 1 rings (SSSR count). The fourth-order valence-electron chi connectivity index (χ4n) is 9.15. The van der Waals surface area contributed by atoms with Crippen LogP contribution >= 0.6 is 0 Å². The highest BCUT2D eigenvalue weighted by Gasteiger charge is 2.39. The summed E-state index contributed by atoms with van der Waals surface area (Å²) in [6.07, 6.45) is 55.2. The number of nitrogens with zero attached hydrogens (tertiary/aromatic N) is 3. The van der Waals surface area contributed by atoms with Gasteiger partial charge in [0, 0.05) is 13.0 Å². The van der Waals surface area contributed by atoms with E-state index in [-0.39, 0.29) is 5.91 Å². The SMILES string of the molecule is CCCCCCCCCCCCCCCCCCCCCC(=O)N(CCC#N)CC[N+]1(C)CC[NH+]=C1CCCCCCCCCCCCCCCCCCCCC.COS(=O)(=O)[O-]. The second kappa shape index (κ2) is 45.6. The number of quaternary nitrogens is 1. The lowest BCUT2D eigenvalue weighted by Crippen LogP contribution is -2.72. The number of nitrogens with one attached hydrogen (secondary N) is 1. The van der Waals surface area contributed by atoms with Crippen molar-refractivity contribution in [2.75, 3.05) is 46.9 Å². The topological polar surface area (TPSA) is 124 Å². The van der Waals surface area contributed by atoms with E-state index >= 15 is 0 Å². The number of nitriles is 1. The first-order valence-corrected chi connectivity index (χ1v) is 28.6. The Morgan fingerprint density at radius 3 is 1.24 bits per heavy atom. The van der Waals surface area contributed by atoms with Crippen LogP contribution in [0.2, 0.25) is 0 Å². The summed E-state index contributed by atoms with van der Waals surface area (Å²) in [7, 11) is -1.25. The molecular weight excluding hydrogens is 805 g/mol. The molecule has 0 fully saturated rings. The molecule has 0 radical (unpaired) electrons. The highest BCUT2D eigenvalue weighted by molar-refractivity contribution is 7.80. The molecule has 0 spiro atoms. The molecule has 1 unspecified atom stereocenters. The summed E-state index contributed by atoms with van der Waals surface area (Å²) < 4.78 is 32.0. The quantitative estimate of drug-likeness (QED) is 0.0281. The standard InChI is InChI=1S/C52H101N4O.CH4O4S/c1-4-6-8-10-12-14-16-18-20-22-24-26-28-30-32-34-36-38-40-43-51-54-46-49-56(51,3)50-48-55(47-42-45-53)52(57)44-41-39-37-35-33-31-29-27-25-23-21-19-17-15-13-11-9-7-5-2;1-5-6(2,3)4/h4-44,46-50H2,1-3H3;1H3,(H,2,3,4)/q+1;. The lowest BCUT2D eigenvalue weighted by Gasteiger charge is -2.30. The largest absolute Gasteiger partial charge is 0.726 e. The predicted octanol–water partition coefficient (Wildman–Crippen LogP) is 13.4. The number of amidine groups is 1. The van der Waals surface area contributed by atoms with Gasteiger partial charge in [0.25, 0.3) is 0 Å². The molecule has 10 heteroatoms. The highest BCUT2D eigenvalue weighted by atomic mass is 32.3. The Labute approximate surface area is 392 Å². The molecule has 1 amide bonds. The van der Waals surface area contributed by atoms with Gasteiger partial charge in [-0.25, -0.2) is 12.9 Å². The Bertz CT molecular complexity index is 1190. The molecule has 0 aromatic rings. The molecule has 0 bridgehead atoms. The number of hydrogen-bond donors (Lipinski definition) is 1. The minimum atomic E-state index is -4.41. The summed E-state index contributed by atoms with van der Waals surface area (Å²) in [5.74, 6) is 1.73. The van der Waals surface area contributed by atoms with Gasteiger partial charge in [0.05, 0.1) is 39.6 Å². The van der Waals surface area contributed by atoms with Crippen LogP contribution in [0.15, 0.2) is 0 Å². The second-order valence-electron chi connectivity index (χ2n) is 19.3. The maximum atomic E-state index is 13.3. The van der Waals surface area contributed by atoms with Crippen LogP contribution < -0.4 is 4.99 Å². The van der Waals surface area contributed by atoms with Gasteiger partial charge in [0.1, 0.15) is 13.1 Å². The van der Waals surface area contributed by atoms with Gasteiger partial charge in [-0.3, -0.25) is 8.98 Å². The normalized spacial score (nSPS) is 15.0. The monoisotopic (exact) mass is 910 g/mol. The van der Waals surface area contributed by atoms with Crippen LogP contribution in [0.4, 0.5) is 0 Å². The van der Waals surface area contributed by atoms with Crippen molar-refractivity contribution in [1.29, 1.82) is 5.26 Å². The first-order valence-electron chi connectivity index (χ1n) is 27.2. The van der Waals surface area contributed by atoms with E-state index in [0.29, 0.717) is 19.4 Å². The summed E-state index contributed by atoms with van der Waals surface area (Å²) in [6, 6.07) is 2.29. The van der Waals surface area contributed by atoms with Crippen LogP contribution in [0.3, 0.4) is 0 Å². The number of unbranched alkanes of at least 4 members (excludes halogenated alkanes) is 36. The molecule has 0 saturated carbocycles. The van der Waals surface area contributed by atoms with Crippen molar-refractivity contribution in [3.63, 3.8) is 0 Å². The first-order chi connectivity index (χ1) is 30.6. The number of rotatable bonds is 46. The van der Waals surface area contributed by atoms with Crippen LogP contribution in [0.5, 0.6) is 0 Å². The Kier molecular flexibility index (Phi) is 44.5. The molecule has 372 valence electrons. The van der Waals surface area contributed by atoms with Crippen LogP contribution in [-0.4, -0.2) is 81.0 Å². The Morgan fingerprint density at radius 1 is 0.603 bits per heavy atom. The number of carbonyl (C=O) groups is 1. The molecule has 0 saturated heterocycles. The van der Waals surface area contributed by atoms with Crippen LogP contribution in [-0.2, 0) is 19.4 Å². The first kappa shape index (κ1) is 61.5. The summed E-state index contributed by atoms with van der Waals surface area (Å²) in [6.45, 7) is 9.04. The molecule has 0 aromatic carbocycles. The molecule has 1 N–H and O–H groups in total. The molecule has 63 heavy (non-hydrogen) atoms. The fourth-order valence-corrected chi connectivity index (χ4v) is 9.15.